The van der Waals surface area contributed by atoms with Crippen LogP contribution in [0.4, 0.5) is 0 Å². The molecule has 2 heterocycles. The molecule has 2 aliphatic heterocycles. The van der Waals surface area contributed by atoms with Crippen molar-refractivity contribution in [2.75, 3.05) is 46.1 Å². The van der Waals surface area contributed by atoms with Crippen LogP contribution in [-0.4, -0.2) is 62.9 Å². The van der Waals surface area contributed by atoms with Crippen molar-refractivity contribution in [1.29, 1.82) is 0 Å². The third kappa shape index (κ3) is 6.60. The minimum atomic E-state index is -0.659. The topological polar surface area (TPSA) is 86.3 Å². The second-order valence-electron chi connectivity index (χ2n) is 8.97. The van der Waals surface area contributed by atoms with Gasteiger partial charge < -0.3 is 29.2 Å². The highest BCUT2D eigenvalue weighted by Crippen LogP contribution is 2.42. The molecule has 0 bridgehead atoms. The van der Waals surface area contributed by atoms with Crippen LogP contribution in [-0.2, 0) is 19.1 Å². The second kappa shape index (κ2) is 13.3. The van der Waals surface area contributed by atoms with Gasteiger partial charge in [-0.15, -0.1) is 0 Å². The SMILES string of the molecule is CCOC(=O)C1=C(C)NC(C)=C(C(=O)OCC)C1c1ccc(OCCCN2CCCC2)c(OCC)c1. The van der Waals surface area contributed by atoms with Crippen molar-refractivity contribution in [2.45, 2.75) is 59.8 Å². The molecule has 0 saturated carbocycles. The first-order valence-electron chi connectivity index (χ1n) is 13.1. The Morgan fingerprint density at radius 3 is 2.06 bits per heavy atom. The molecule has 1 fully saturated rings. The first-order valence-corrected chi connectivity index (χ1v) is 13.1. The largest absolute Gasteiger partial charge is 0.490 e. The summed E-state index contributed by atoms with van der Waals surface area (Å²) in [5.74, 6) is -0.374. The summed E-state index contributed by atoms with van der Waals surface area (Å²) in [5.41, 5.74) is 2.78. The predicted octanol–water partition coefficient (Wildman–Crippen LogP) is 4.31. The Bertz CT molecular complexity index is 954. The van der Waals surface area contributed by atoms with Gasteiger partial charge in [-0.1, -0.05) is 6.07 Å². The first kappa shape index (κ1) is 27.6. The molecule has 8 heteroatoms. The molecule has 0 aromatic heterocycles. The Hall–Kier alpha value is -3.00. The van der Waals surface area contributed by atoms with Crippen molar-refractivity contribution in [3.05, 3.63) is 46.3 Å². The van der Waals surface area contributed by atoms with Gasteiger partial charge in [0, 0.05) is 17.9 Å². The van der Waals surface area contributed by atoms with E-state index in [2.05, 4.69) is 10.2 Å². The summed E-state index contributed by atoms with van der Waals surface area (Å²) in [7, 11) is 0. The van der Waals surface area contributed by atoms with Crippen LogP contribution in [0.1, 0.15) is 65.4 Å². The van der Waals surface area contributed by atoms with E-state index in [0.717, 1.165) is 18.5 Å². The van der Waals surface area contributed by atoms with Crippen molar-refractivity contribution in [3.8, 4) is 11.5 Å². The number of dihydropyridines is 1. The lowest BCUT2D eigenvalue weighted by Crippen LogP contribution is -2.32. The van der Waals surface area contributed by atoms with Gasteiger partial charge in [0.05, 0.1) is 43.5 Å². The van der Waals surface area contributed by atoms with E-state index in [9.17, 15) is 9.59 Å². The quantitative estimate of drug-likeness (QED) is 0.336. The Labute approximate surface area is 214 Å². The molecule has 8 nitrogen and oxygen atoms in total. The number of likely N-dealkylation sites (tertiary alicyclic amines) is 1. The molecule has 1 saturated heterocycles. The van der Waals surface area contributed by atoms with Crippen LogP contribution in [0.25, 0.3) is 0 Å². The van der Waals surface area contributed by atoms with Gasteiger partial charge in [-0.3, -0.25) is 0 Å². The second-order valence-corrected chi connectivity index (χ2v) is 8.97. The number of hydrogen-bond donors (Lipinski definition) is 1. The summed E-state index contributed by atoms with van der Waals surface area (Å²) in [5, 5.41) is 3.16. The molecule has 0 aliphatic carbocycles. The number of carbonyl (C=O) groups excluding carboxylic acids is 2. The summed E-state index contributed by atoms with van der Waals surface area (Å²) in [6.45, 7) is 13.9. The van der Waals surface area contributed by atoms with Crippen LogP contribution < -0.4 is 14.8 Å². The lowest BCUT2D eigenvalue weighted by molar-refractivity contribution is -0.139. The molecule has 1 aromatic carbocycles. The van der Waals surface area contributed by atoms with E-state index >= 15 is 0 Å². The van der Waals surface area contributed by atoms with Gasteiger partial charge in [-0.2, -0.15) is 0 Å². The van der Waals surface area contributed by atoms with Crippen LogP contribution in [0.5, 0.6) is 11.5 Å². The Morgan fingerprint density at radius 2 is 1.50 bits per heavy atom. The molecule has 2 aliphatic rings. The van der Waals surface area contributed by atoms with Crippen LogP contribution in [0.3, 0.4) is 0 Å². The van der Waals surface area contributed by atoms with Crippen molar-refractivity contribution in [3.63, 3.8) is 0 Å². The van der Waals surface area contributed by atoms with Gasteiger partial charge in [0.25, 0.3) is 0 Å². The number of allylic oxidation sites excluding steroid dienone is 2. The van der Waals surface area contributed by atoms with Crippen LogP contribution in [0, 0.1) is 0 Å². The third-order valence-corrected chi connectivity index (χ3v) is 6.43. The fourth-order valence-electron chi connectivity index (χ4n) is 4.85. The zero-order valence-corrected chi connectivity index (χ0v) is 22.3. The molecule has 0 spiro atoms. The summed E-state index contributed by atoms with van der Waals surface area (Å²) in [4.78, 5) is 28.5. The molecular weight excluding hydrogens is 460 g/mol. The fourth-order valence-corrected chi connectivity index (χ4v) is 4.85. The first-order chi connectivity index (χ1) is 17.4. The maximum absolute atomic E-state index is 13.0. The zero-order chi connectivity index (χ0) is 26.1. The van der Waals surface area contributed by atoms with Gasteiger partial charge >= 0.3 is 11.9 Å². The number of esters is 2. The smallest absolute Gasteiger partial charge is 0.336 e. The van der Waals surface area contributed by atoms with E-state index < -0.39 is 17.9 Å². The lowest BCUT2D eigenvalue weighted by atomic mass is 9.80. The standard InChI is InChI=1S/C28H40N2O6/c1-6-33-23-18-21(12-13-22(23)36-17-11-16-30-14-9-10-15-30)26-24(27(31)34-7-2)19(4)29-20(5)25(26)28(32)35-8-3/h12-13,18,26,29H,6-11,14-17H2,1-5H3. The van der Waals surface area contributed by atoms with Crippen molar-refractivity contribution >= 4 is 11.9 Å². The number of nitrogens with zero attached hydrogens (tertiary/aromatic N) is 1. The van der Waals surface area contributed by atoms with E-state index in [1.165, 1.54) is 25.9 Å². The Morgan fingerprint density at radius 1 is 0.889 bits per heavy atom. The van der Waals surface area contributed by atoms with Gasteiger partial charge in [0.1, 0.15) is 0 Å². The Kier molecular flexibility index (Phi) is 10.2. The van der Waals surface area contributed by atoms with E-state index in [1.807, 2.05) is 39.0 Å². The van der Waals surface area contributed by atoms with E-state index in [-0.39, 0.29) is 13.2 Å². The minimum Gasteiger partial charge on any atom is -0.490 e. The van der Waals surface area contributed by atoms with Crippen molar-refractivity contribution in [2.24, 2.45) is 0 Å². The summed E-state index contributed by atoms with van der Waals surface area (Å²) in [6, 6.07) is 5.59. The molecule has 1 N–H and O–H groups in total. The number of ether oxygens (including phenoxy) is 4. The van der Waals surface area contributed by atoms with E-state index in [0.29, 0.717) is 47.3 Å². The van der Waals surface area contributed by atoms with Gasteiger partial charge in [0.2, 0.25) is 0 Å². The third-order valence-electron chi connectivity index (χ3n) is 6.43. The van der Waals surface area contributed by atoms with Crippen molar-refractivity contribution < 1.29 is 28.5 Å². The number of rotatable bonds is 12. The van der Waals surface area contributed by atoms with Gasteiger partial charge in [-0.05, 0) is 84.7 Å². The maximum Gasteiger partial charge on any atom is 0.336 e. The molecule has 0 unspecified atom stereocenters. The Balaban J connectivity index is 1.92. The zero-order valence-electron chi connectivity index (χ0n) is 22.3. The molecule has 198 valence electrons. The molecule has 0 radical (unpaired) electrons. The number of benzene rings is 1. The number of hydrogen-bond acceptors (Lipinski definition) is 8. The monoisotopic (exact) mass is 500 g/mol. The number of carbonyl (C=O) groups is 2. The molecule has 1 aromatic rings. The lowest BCUT2D eigenvalue weighted by Gasteiger charge is -2.30. The average molecular weight is 501 g/mol. The normalized spacial score (nSPS) is 16.7. The average Bonchev–Trinajstić information content (AvgIpc) is 3.36. The molecule has 0 atom stereocenters. The molecule has 3 rings (SSSR count). The fraction of sp³-hybridized carbons (Fsp3) is 0.571. The van der Waals surface area contributed by atoms with Crippen LogP contribution in [0.15, 0.2) is 40.7 Å². The molecule has 36 heavy (non-hydrogen) atoms. The summed E-state index contributed by atoms with van der Waals surface area (Å²) in [6.07, 6.45) is 3.49. The van der Waals surface area contributed by atoms with E-state index in [1.54, 1.807) is 13.8 Å². The minimum absolute atomic E-state index is 0.230. The highest BCUT2D eigenvalue weighted by Gasteiger charge is 2.38. The van der Waals surface area contributed by atoms with Gasteiger partial charge in [-0.25, -0.2) is 9.59 Å². The highest BCUT2D eigenvalue weighted by molar-refractivity contribution is 6.00. The number of nitrogens with one attached hydrogen (secondary N) is 1. The summed E-state index contributed by atoms with van der Waals surface area (Å²) < 4.78 is 22.7. The molecule has 0 amide bonds. The van der Waals surface area contributed by atoms with Crippen LogP contribution >= 0.6 is 0 Å². The summed E-state index contributed by atoms with van der Waals surface area (Å²) >= 11 is 0. The molecular formula is C28H40N2O6. The highest BCUT2D eigenvalue weighted by atomic mass is 16.5. The van der Waals surface area contributed by atoms with E-state index in [4.69, 9.17) is 18.9 Å². The van der Waals surface area contributed by atoms with Gasteiger partial charge in [0.15, 0.2) is 11.5 Å². The maximum atomic E-state index is 13.0. The van der Waals surface area contributed by atoms with Crippen LogP contribution in [0.2, 0.25) is 0 Å². The van der Waals surface area contributed by atoms with Crippen molar-refractivity contribution in [1.82, 2.24) is 10.2 Å². The predicted molar refractivity (Wildman–Crippen MR) is 138 cm³/mol.